The van der Waals surface area contributed by atoms with Gasteiger partial charge in [-0.1, -0.05) is 11.6 Å². The smallest absolute Gasteiger partial charge is 0.0739 e. The topological polar surface area (TPSA) is 38.0 Å². The number of rotatable bonds is 4. The zero-order valence-electron chi connectivity index (χ0n) is 8.99. The normalized spacial score (nSPS) is 12.4. The molecule has 0 radical (unpaired) electrons. The summed E-state index contributed by atoms with van der Waals surface area (Å²) >= 11 is 11.1. The summed E-state index contributed by atoms with van der Waals surface area (Å²) in [5, 5.41) is 6.18. The molecule has 0 saturated carbocycles. The third kappa shape index (κ3) is 3.22. The summed E-state index contributed by atoms with van der Waals surface area (Å²) in [6.07, 6.45) is 0. The molecule has 0 spiro atoms. The van der Waals surface area contributed by atoms with Gasteiger partial charge in [0.25, 0.3) is 0 Å². The van der Waals surface area contributed by atoms with Crippen LogP contribution in [0.3, 0.4) is 0 Å². The Morgan fingerprint density at radius 3 is 2.53 bits per heavy atom. The summed E-state index contributed by atoms with van der Waals surface area (Å²) in [4.78, 5) is 1.21. The largest absolute Gasteiger partial charge is 0.376 e. The molecule has 0 bridgehead atoms. The van der Waals surface area contributed by atoms with Crippen LogP contribution in [0.25, 0.3) is 0 Å². The van der Waals surface area contributed by atoms with Crippen molar-refractivity contribution in [2.24, 2.45) is 5.73 Å². The van der Waals surface area contributed by atoms with Gasteiger partial charge in [0.2, 0.25) is 0 Å². The lowest BCUT2D eigenvalue weighted by molar-refractivity contribution is 0.803. The molecule has 0 saturated heterocycles. The van der Waals surface area contributed by atoms with E-state index in [0.717, 1.165) is 15.2 Å². The number of anilines is 1. The lowest BCUT2D eigenvalue weighted by Crippen LogP contribution is -2.19. The average molecular weight is 332 g/mol. The van der Waals surface area contributed by atoms with Gasteiger partial charge in [0.15, 0.2) is 0 Å². The number of hydrogen-bond acceptors (Lipinski definition) is 3. The number of thiophene rings is 1. The van der Waals surface area contributed by atoms with Gasteiger partial charge in [-0.3, -0.25) is 0 Å². The van der Waals surface area contributed by atoms with E-state index in [4.69, 9.17) is 17.3 Å². The molecule has 1 heterocycles. The first kappa shape index (κ1) is 12.9. The van der Waals surface area contributed by atoms with E-state index < -0.39 is 0 Å². The van der Waals surface area contributed by atoms with Crippen molar-refractivity contribution >= 4 is 44.6 Å². The average Bonchev–Trinajstić information content (AvgIpc) is 2.75. The predicted octanol–water partition coefficient (Wildman–Crippen LogP) is 4.28. The molecule has 5 heteroatoms. The zero-order chi connectivity index (χ0) is 12.3. The monoisotopic (exact) mass is 330 g/mol. The Morgan fingerprint density at radius 1 is 1.29 bits per heavy atom. The SMILES string of the molecule is NCC(Nc1ccc(Cl)cc1)c1sccc1Br. The quantitative estimate of drug-likeness (QED) is 0.877. The number of benzene rings is 1. The Kier molecular flexibility index (Phi) is 4.45. The molecule has 3 N–H and O–H groups in total. The van der Waals surface area contributed by atoms with Gasteiger partial charge in [-0.05, 0) is 51.6 Å². The minimum atomic E-state index is 0.116. The zero-order valence-corrected chi connectivity index (χ0v) is 12.1. The first-order valence-corrected chi connectivity index (χ1v) is 7.21. The number of hydrogen-bond donors (Lipinski definition) is 2. The van der Waals surface area contributed by atoms with Crippen LogP contribution in [-0.2, 0) is 0 Å². The minimum absolute atomic E-state index is 0.116. The Balaban J connectivity index is 2.16. The highest BCUT2D eigenvalue weighted by Crippen LogP contribution is 2.31. The van der Waals surface area contributed by atoms with E-state index in [1.165, 1.54) is 4.88 Å². The third-order valence-corrected chi connectivity index (χ3v) is 4.62. The molecule has 1 unspecified atom stereocenters. The lowest BCUT2D eigenvalue weighted by atomic mass is 10.2. The fourth-order valence-electron chi connectivity index (χ4n) is 1.53. The van der Waals surface area contributed by atoms with Crippen molar-refractivity contribution in [1.29, 1.82) is 0 Å². The molecule has 1 aromatic heterocycles. The molecule has 1 atom stereocenters. The highest BCUT2D eigenvalue weighted by atomic mass is 79.9. The van der Waals surface area contributed by atoms with Crippen molar-refractivity contribution in [3.63, 3.8) is 0 Å². The molecule has 2 aromatic rings. The summed E-state index contributed by atoms with van der Waals surface area (Å²) in [5.41, 5.74) is 6.83. The lowest BCUT2D eigenvalue weighted by Gasteiger charge is -2.17. The van der Waals surface area contributed by atoms with Gasteiger partial charge in [0.05, 0.1) is 6.04 Å². The van der Waals surface area contributed by atoms with Crippen molar-refractivity contribution in [2.45, 2.75) is 6.04 Å². The summed E-state index contributed by atoms with van der Waals surface area (Å²) in [7, 11) is 0. The molecular formula is C12H12BrClN2S. The van der Waals surface area contributed by atoms with Crippen LogP contribution in [0.5, 0.6) is 0 Å². The van der Waals surface area contributed by atoms with Crippen LogP contribution in [0, 0.1) is 0 Å². The molecule has 2 nitrogen and oxygen atoms in total. The van der Waals surface area contributed by atoms with Crippen LogP contribution in [-0.4, -0.2) is 6.54 Å². The fraction of sp³-hybridized carbons (Fsp3) is 0.167. The number of halogens is 2. The first-order valence-electron chi connectivity index (χ1n) is 5.16. The Hall–Kier alpha value is -0.550. The van der Waals surface area contributed by atoms with Crippen molar-refractivity contribution < 1.29 is 0 Å². The second-order valence-corrected chi connectivity index (χ2v) is 5.81. The maximum atomic E-state index is 5.85. The Labute approximate surface area is 118 Å². The summed E-state index contributed by atoms with van der Waals surface area (Å²) in [5.74, 6) is 0. The van der Waals surface area contributed by atoms with E-state index in [9.17, 15) is 0 Å². The van der Waals surface area contributed by atoms with E-state index in [1.807, 2.05) is 35.7 Å². The molecule has 1 aromatic carbocycles. The molecule has 0 fully saturated rings. The maximum absolute atomic E-state index is 5.85. The van der Waals surface area contributed by atoms with Crippen molar-refractivity contribution in [3.8, 4) is 0 Å². The molecule has 0 aliphatic heterocycles. The van der Waals surface area contributed by atoms with Gasteiger partial charge in [-0.2, -0.15) is 0 Å². The maximum Gasteiger partial charge on any atom is 0.0739 e. The summed E-state index contributed by atoms with van der Waals surface area (Å²) < 4.78 is 1.10. The molecule has 0 aliphatic carbocycles. The van der Waals surface area contributed by atoms with Gasteiger partial charge < -0.3 is 11.1 Å². The Morgan fingerprint density at radius 2 is 2.00 bits per heavy atom. The second-order valence-electron chi connectivity index (χ2n) is 3.57. The Bertz CT molecular complexity index is 484. The molecular weight excluding hydrogens is 320 g/mol. The highest BCUT2D eigenvalue weighted by Gasteiger charge is 2.13. The fourth-order valence-corrected chi connectivity index (χ4v) is 3.37. The molecule has 0 amide bonds. The van der Waals surface area contributed by atoms with Crippen molar-refractivity contribution in [1.82, 2.24) is 0 Å². The predicted molar refractivity (Wildman–Crippen MR) is 78.9 cm³/mol. The minimum Gasteiger partial charge on any atom is -0.376 e. The van der Waals surface area contributed by atoms with Crippen LogP contribution in [0.4, 0.5) is 5.69 Å². The van der Waals surface area contributed by atoms with E-state index in [-0.39, 0.29) is 6.04 Å². The van der Waals surface area contributed by atoms with E-state index in [1.54, 1.807) is 11.3 Å². The van der Waals surface area contributed by atoms with E-state index in [2.05, 4.69) is 21.2 Å². The standard InChI is InChI=1S/C12H12BrClN2S/c13-10-5-6-17-12(10)11(7-15)16-9-3-1-8(14)2-4-9/h1-6,11,16H,7,15H2. The van der Waals surface area contributed by atoms with Gasteiger partial charge in [0, 0.05) is 26.6 Å². The van der Waals surface area contributed by atoms with Gasteiger partial charge in [-0.15, -0.1) is 11.3 Å². The van der Waals surface area contributed by atoms with Gasteiger partial charge in [-0.25, -0.2) is 0 Å². The highest BCUT2D eigenvalue weighted by molar-refractivity contribution is 9.10. The summed E-state index contributed by atoms with van der Waals surface area (Å²) in [6.45, 7) is 0.543. The summed E-state index contributed by atoms with van der Waals surface area (Å²) in [6, 6.07) is 9.78. The van der Waals surface area contributed by atoms with Crippen LogP contribution in [0.2, 0.25) is 5.02 Å². The van der Waals surface area contributed by atoms with Gasteiger partial charge in [0.1, 0.15) is 0 Å². The third-order valence-electron chi connectivity index (χ3n) is 2.38. The molecule has 0 aliphatic rings. The van der Waals surface area contributed by atoms with Crippen molar-refractivity contribution in [3.05, 3.63) is 50.1 Å². The number of nitrogens with two attached hydrogens (primary N) is 1. The first-order chi connectivity index (χ1) is 8.20. The van der Waals surface area contributed by atoms with Crippen LogP contribution < -0.4 is 11.1 Å². The van der Waals surface area contributed by atoms with Gasteiger partial charge >= 0.3 is 0 Å². The van der Waals surface area contributed by atoms with Crippen LogP contribution in [0.15, 0.2) is 40.2 Å². The number of nitrogens with one attached hydrogen (secondary N) is 1. The van der Waals surface area contributed by atoms with Crippen molar-refractivity contribution in [2.75, 3.05) is 11.9 Å². The van der Waals surface area contributed by atoms with Crippen LogP contribution in [0.1, 0.15) is 10.9 Å². The molecule has 90 valence electrons. The van der Waals surface area contributed by atoms with Crippen LogP contribution >= 0.6 is 38.9 Å². The second kappa shape index (κ2) is 5.87. The van der Waals surface area contributed by atoms with E-state index in [0.29, 0.717) is 6.54 Å². The molecule has 17 heavy (non-hydrogen) atoms. The molecule has 2 rings (SSSR count). The van der Waals surface area contributed by atoms with E-state index >= 15 is 0 Å².